The number of aryl methyl sites for hydroxylation is 1. The molecule has 0 spiro atoms. The van der Waals surface area contributed by atoms with E-state index in [4.69, 9.17) is 9.47 Å². The summed E-state index contributed by atoms with van der Waals surface area (Å²) < 4.78 is 11.7. The largest absolute Gasteiger partial charge is 0.439 e. The number of pyridine rings is 1. The molecule has 1 fully saturated rings. The van der Waals surface area contributed by atoms with Crippen LogP contribution in [0, 0.1) is 6.92 Å². The van der Waals surface area contributed by atoms with Crippen molar-refractivity contribution in [2.24, 2.45) is 0 Å². The SMILES string of the molecule is CC.Cc1cc(N2C(=O)N[C@@H](C)C2=O)cnc1Oc1ccc2c(c1)C(C)(C)OC2. The Balaban J connectivity index is 0.00000117. The van der Waals surface area contributed by atoms with E-state index in [9.17, 15) is 9.59 Å². The zero-order chi connectivity index (χ0) is 21.3. The van der Waals surface area contributed by atoms with E-state index in [0.717, 1.165) is 21.6 Å². The van der Waals surface area contributed by atoms with Crippen LogP contribution in [0.25, 0.3) is 0 Å². The summed E-state index contributed by atoms with van der Waals surface area (Å²) in [5, 5.41) is 2.59. The minimum atomic E-state index is -0.536. The highest BCUT2D eigenvalue weighted by Gasteiger charge is 2.36. The summed E-state index contributed by atoms with van der Waals surface area (Å²) >= 11 is 0. The molecule has 1 saturated heterocycles. The van der Waals surface area contributed by atoms with Gasteiger partial charge in [0.2, 0.25) is 5.88 Å². The third-order valence-electron chi connectivity index (χ3n) is 4.94. The van der Waals surface area contributed by atoms with E-state index in [1.165, 1.54) is 6.20 Å². The first-order valence-electron chi connectivity index (χ1n) is 9.82. The number of amides is 3. The number of urea groups is 1. The van der Waals surface area contributed by atoms with Gasteiger partial charge in [0.05, 0.1) is 24.1 Å². The first-order valence-corrected chi connectivity index (χ1v) is 9.82. The number of benzene rings is 1. The Hall–Kier alpha value is -2.93. The Morgan fingerprint density at radius 3 is 2.59 bits per heavy atom. The van der Waals surface area contributed by atoms with Crippen molar-refractivity contribution in [2.45, 2.75) is 59.8 Å². The molecular weight excluding hydrogens is 370 g/mol. The Morgan fingerprint density at radius 2 is 1.97 bits per heavy atom. The molecule has 2 aromatic rings. The average Bonchev–Trinajstić information content (AvgIpc) is 3.13. The highest BCUT2D eigenvalue weighted by Crippen LogP contribution is 2.38. The molecule has 2 aliphatic rings. The molecule has 0 bridgehead atoms. The standard InChI is InChI=1S/C20H21N3O4.C2H6/c1-11-7-14(23-18(24)12(2)22-19(23)25)9-21-17(11)27-15-6-5-13-10-26-20(3,4)16(13)8-15;1-2/h5-9,12H,10H2,1-4H3,(H,22,25);1-2H3/t12-;/m0./s1. The average molecular weight is 397 g/mol. The number of hydrogen-bond donors (Lipinski definition) is 1. The second-order valence-electron chi connectivity index (χ2n) is 7.38. The van der Waals surface area contributed by atoms with Crippen LogP contribution in [0.15, 0.2) is 30.5 Å². The number of fused-ring (bicyclic) bond motifs is 1. The summed E-state index contributed by atoms with van der Waals surface area (Å²) in [6, 6.07) is 6.60. The normalized spacial score (nSPS) is 19.4. The lowest BCUT2D eigenvalue weighted by atomic mass is 9.96. The minimum absolute atomic E-state index is 0.296. The number of ether oxygens (including phenoxy) is 2. The number of anilines is 1. The van der Waals surface area contributed by atoms with Gasteiger partial charge in [0.1, 0.15) is 11.8 Å². The molecule has 154 valence electrons. The van der Waals surface area contributed by atoms with Crippen molar-refractivity contribution >= 4 is 17.6 Å². The molecule has 3 heterocycles. The van der Waals surface area contributed by atoms with Crippen LogP contribution in [0.1, 0.15) is 51.3 Å². The summed E-state index contributed by atoms with van der Waals surface area (Å²) in [4.78, 5) is 29.5. The summed E-state index contributed by atoms with van der Waals surface area (Å²) in [5.74, 6) is 0.797. The van der Waals surface area contributed by atoms with Gasteiger partial charge in [0, 0.05) is 5.56 Å². The topological polar surface area (TPSA) is 80.8 Å². The van der Waals surface area contributed by atoms with E-state index in [0.29, 0.717) is 23.9 Å². The van der Waals surface area contributed by atoms with Gasteiger partial charge < -0.3 is 14.8 Å². The van der Waals surface area contributed by atoms with Gasteiger partial charge in [-0.25, -0.2) is 14.7 Å². The molecule has 0 unspecified atom stereocenters. The highest BCUT2D eigenvalue weighted by atomic mass is 16.5. The quantitative estimate of drug-likeness (QED) is 0.776. The van der Waals surface area contributed by atoms with Crippen molar-refractivity contribution in [3.05, 3.63) is 47.2 Å². The van der Waals surface area contributed by atoms with Crippen LogP contribution >= 0.6 is 0 Å². The zero-order valence-corrected chi connectivity index (χ0v) is 17.7. The summed E-state index contributed by atoms with van der Waals surface area (Å²) in [5.41, 5.74) is 3.06. The van der Waals surface area contributed by atoms with E-state index in [1.54, 1.807) is 13.0 Å². The van der Waals surface area contributed by atoms with Gasteiger partial charge in [0.25, 0.3) is 5.91 Å². The van der Waals surface area contributed by atoms with Crippen molar-refractivity contribution in [3.8, 4) is 11.6 Å². The molecule has 29 heavy (non-hydrogen) atoms. The van der Waals surface area contributed by atoms with Crippen molar-refractivity contribution in [1.29, 1.82) is 0 Å². The van der Waals surface area contributed by atoms with Gasteiger partial charge >= 0.3 is 6.03 Å². The predicted octanol–water partition coefficient (Wildman–Crippen LogP) is 4.42. The van der Waals surface area contributed by atoms with Crippen molar-refractivity contribution in [3.63, 3.8) is 0 Å². The smallest absolute Gasteiger partial charge is 0.329 e. The monoisotopic (exact) mass is 397 g/mol. The number of aromatic nitrogens is 1. The molecule has 3 amide bonds. The van der Waals surface area contributed by atoms with E-state index >= 15 is 0 Å². The fourth-order valence-corrected chi connectivity index (χ4v) is 3.38. The van der Waals surface area contributed by atoms with Gasteiger partial charge in [-0.05, 0) is 57.0 Å². The molecule has 1 aromatic carbocycles. The van der Waals surface area contributed by atoms with Crippen LogP contribution in [0.3, 0.4) is 0 Å². The Kier molecular flexibility index (Phi) is 5.61. The fraction of sp³-hybridized carbons (Fsp3) is 0.409. The van der Waals surface area contributed by atoms with E-state index in [2.05, 4.69) is 10.3 Å². The second-order valence-corrected chi connectivity index (χ2v) is 7.38. The van der Waals surface area contributed by atoms with Crippen LogP contribution in [0.2, 0.25) is 0 Å². The molecule has 2 aliphatic heterocycles. The molecule has 1 N–H and O–H groups in total. The molecule has 7 nitrogen and oxygen atoms in total. The first-order chi connectivity index (χ1) is 13.8. The molecule has 1 aromatic heterocycles. The van der Waals surface area contributed by atoms with Crippen molar-refractivity contribution in [1.82, 2.24) is 10.3 Å². The van der Waals surface area contributed by atoms with E-state index in [1.807, 2.05) is 52.8 Å². The molecule has 0 radical (unpaired) electrons. The summed E-state index contributed by atoms with van der Waals surface area (Å²) in [6.45, 7) is 12.1. The predicted molar refractivity (Wildman–Crippen MR) is 110 cm³/mol. The molecular formula is C22H27N3O4. The fourth-order valence-electron chi connectivity index (χ4n) is 3.38. The maximum atomic E-state index is 12.1. The third-order valence-corrected chi connectivity index (χ3v) is 4.94. The minimum Gasteiger partial charge on any atom is -0.439 e. The molecule has 4 rings (SSSR count). The highest BCUT2D eigenvalue weighted by molar-refractivity contribution is 6.21. The Bertz CT molecular complexity index is 955. The number of imide groups is 1. The zero-order valence-electron chi connectivity index (χ0n) is 17.7. The van der Waals surface area contributed by atoms with Gasteiger partial charge in [-0.1, -0.05) is 19.9 Å². The van der Waals surface area contributed by atoms with Crippen LogP contribution in [-0.4, -0.2) is 23.0 Å². The molecule has 1 atom stereocenters. The van der Waals surface area contributed by atoms with Gasteiger partial charge in [-0.3, -0.25) is 4.79 Å². The van der Waals surface area contributed by atoms with Crippen LogP contribution in [-0.2, 0) is 21.7 Å². The van der Waals surface area contributed by atoms with Crippen molar-refractivity contribution in [2.75, 3.05) is 4.90 Å². The molecule has 0 saturated carbocycles. The second kappa shape index (κ2) is 7.83. The van der Waals surface area contributed by atoms with E-state index < -0.39 is 12.1 Å². The van der Waals surface area contributed by atoms with E-state index in [-0.39, 0.29) is 11.5 Å². The van der Waals surface area contributed by atoms with Gasteiger partial charge in [-0.2, -0.15) is 0 Å². The lowest BCUT2D eigenvalue weighted by molar-refractivity contribution is -0.117. The van der Waals surface area contributed by atoms with Gasteiger partial charge in [-0.15, -0.1) is 0 Å². The molecule has 7 heteroatoms. The maximum Gasteiger partial charge on any atom is 0.329 e. The third kappa shape index (κ3) is 3.82. The van der Waals surface area contributed by atoms with Crippen LogP contribution < -0.4 is 15.0 Å². The lowest BCUT2D eigenvalue weighted by Crippen LogP contribution is -2.31. The van der Waals surface area contributed by atoms with Crippen LogP contribution in [0.4, 0.5) is 10.5 Å². The maximum absolute atomic E-state index is 12.1. The number of carbonyl (C=O) groups excluding carboxylic acids is 2. The number of nitrogens with one attached hydrogen (secondary N) is 1. The van der Waals surface area contributed by atoms with Gasteiger partial charge in [0.15, 0.2) is 0 Å². The van der Waals surface area contributed by atoms with Crippen LogP contribution in [0.5, 0.6) is 11.6 Å². The number of carbonyl (C=O) groups is 2. The first kappa shape index (κ1) is 20.8. The van der Waals surface area contributed by atoms with Crippen molar-refractivity contribution < 1.29 is 19.1 Å². The number of nitrogens with zero attached hydrogens (tertiary/aromatic N) is 2. The summed E-state index contributed by atoms with van der Waals surface area (Å²) in [7, 11) is 0. The number of rotatable bonds is 3. The lowest BCUT2D eigenvalue weighted by Gasteiger charge is -2.19. The summed E-state index contributed by atoms with van der Waals surface area (Å²) in [6.07, 6.45) is 1.47. The Labute approximate surface area is 171 Å². The number of hydrogen-bond acceptors (Lipinski definition) is 5. The Morgan fingerprint density at radius 1 is 1.24 bits per heavy atom. The molecule has 0 aliphatic carbocycles.